The molecule has 22 heavy (non-hydrogen) atoms. The Labute approximate surface area is 137 Å². The molecule has 0 amide bonds. The summed E-state index contributed by atoms with van der Waals surface area (Å²) in [7, 11) is 0. The first-order valence-electron chi connectivity index (χ1n) is 8.49. The third-order valence-corrected chi connectivity index (χ3v) is 3.50. The van der Waals surface area contributed by atoms with Crippen LogP contribution in [0.25, 0.3) is 0 Å². The maximum Gasteiger partial charge on any atom is 0.138 e. The van der Waals surface area contributed by atoms with Crippen molar-refractivity contribution in [1.82, 2.24) is 0 Å². The summed E-state index contributed by atoms with van der Waals surface area (Å²) in [5.74, 6) is 2.41. The van der Waals surface area contributed by atoms with Gasteiger partial charge in [0.25, 0.3) is 0 Å². The first kappa shape index (κ1) is 23.3. The minimum atomic E-state index is 0.204. The van der Waals surface area contributed by atoms with Crippen LogP contribution in [0.15, 0.2) is 0 Å². The molecule has 1 aliphatic carbocycles. The summed E-state index contributed by atoms with van der Waals surface area (Å²) in [6.07, 6.45) is 2.30. The molecule has 1 rings (SSSR count). The van der Waals surface area contributed by atoms with Gasteiger partial charge in [-0.1, -0.05) is 55.4 Å². The van der Waals surface area contributed by atoms with Crippen LogP contribution in [0, 0.1) is 29.6 Å². The molecule has 3 nitrogen and oxygen atoms in total. The van der Waals surface area contributed by atoms with Crippen LogP contribution in [0.3, 0.4) is 0 Å². The Morgan fingerprint density at radius 3 is 1.05 bits per heavy atom. The molecular formula is C19H36O3. The van der Waals surface area contributed by atoms with Crippen LogP contribution in [0.4, 0.5) is 0 Å². The van der Waals surface area contributed by atoms with Crippen LogP contribution in [0.1, 0.15) is 75.2 Å². The van der Waals surface area contributed by atoms with Crippen molar-refractivity contribution in [3.8, 4) is 0 Å². The Morgan fingerprint density at radius 2 is 1.00 bits per heavy atom. The van der Waals surface area contributed by atoms with Gasteiger partial charge in [-0.3, -0.25) is 14.4 Å². The van der Waals surface area contributed by atoms with Gasteiger partial charge in [0, 0.05) is 29.6 Å². The number of hydrogen-bond acceptors (Lipinski definition) is 3. The van der Waals surface area contributed by atoms with E-state index in [9.17, 15) is 14.4 Å². The average molecular weight is 312 g/mol. The molecule has 0 aliphatic heterocycles. The molecule has 1 aliphatic rings. The minimum absolute atomic E-state index is 0.204. The molecule has 3 heteroatoms. The maximum absolute atomic E-state index is 10.9. The van der Waals surface area contributed by atoms with E-state index in [2.05, 4.69) is 0 Å². The summed E-state index contributed by atoms with van der Waals surface area (Å²) >= 11 is 0. The van der Waals surface area contributed by atoms with Crippen LogP contribution in [0.2, 0.25) is 0 Å². The smallest absolute Gasteiger partial charge is 0.138 e. The van der Waals surface area contributed by atoms with E-state index in [1.54, 1.807) is 6.92 Å². The SMILES string of the molecule is CC(=O)C(C)C.CC(C)C(=O)C(C)C.CC(C)C(=O)C1CC1. The monoisotopic (exact) mass is 312 g/mol. The predicted molar refractivity (Wildman–Crippen MR) is 92.8 cm³/mol. The van der Waals surface area contributed by atoms with E-state index in [1.807, 2.05) is 55.4 Å². The lowest BCUT2D eigenvalue weighted by Crippen LogP contribution is -2.13. The second kappa shape index (κ2) is 11.6. The molecule has 0 bridgehead atoms. The third-order valence-electron chi connectivity index (χ3n) is 3.50. The fourth-order valence-corrected chi connectivity index (χ4v) is 1.51. The van der Waals surface area contributed by atoms with Gasteiger partial charge >= 0.3 is 0 Å². The van der Waals surface area contributed by atoms with E-state index < -0.39 is 0 Å². The van der Waals surface area contributed by atoms with E-state index in [4.69, 9.17) is 0 Å². The second-order valence-corrected chi connectivity index (χ2v) is 7.31. The first-order chi connectivity index (χ1) is 9.91. The highest BCUT2D eigenvalue weighted by Crippen LogP contribution is 2.31. The Kier molecular flexibility index (Phi) is 12.2. The minimum Gasteiger partial charge on any atom is -0.300 e. The van der Waals surface area contributed by atoms with Gasteiger partial charge in [0.15, 0.2) is 0 Å². The number of rotatable bonds is 5. The first-order valence-corrected chi connectivity index (χ1v) is 8.49. The van der Waals surface area contributed by atoms with Gasteiger partial charge in [0.2, 0.25) is 0 Å². The molecule has 1 saturated carbocycles. The van der Waals surface area contributed by atoms with Gasteiger partial charge < -0.3 is 0 Å². The Hall–Kier alpha value is -0.990. The molecular weight excluding hydrogens is 276 g/mol. The van der Waals surface area contributed by atoms with Gasteiger partial charge in [0.1, 0.15) is 17.3 Å². The number of hydrogen-bond donors (Lipinski definition) is 0. The lowest BCUT2D eigenvalue weighted by Gasteiger charge is -2.05. The fraction of sp³-hybridized carbons (Fsp3) is 0.842. The molecule has 0 heterocycles. The van der Waals surface area contributed by atoms with Gasteiger partial charge in [0.05, 0.1) is 0 Å². The van der Waals surface area contributed by atoms with Crippen molar-refractivity contribution in [1.29, 1.82) is 0 Å². The number of carbonyl (C=O) groups is 3. The molecule has 0 atom stereocenters. The zero-order chi connectivity index (χ0) is 18.0. The summed E-state index contributed by atoms with van der Waals surface area (Å²) in [6, 6.07) is 0. The van der Waals surface area contributed by atoms with E-state index in [0.717, 1.165) is 12.8 Å². The average Bonchev–Trinajstić information content (AvgIpc) is 3.22. The summed E-state index contributed by atoms with van der Waals surface area (Å²) in [5.41, 5.74) is 0. The third kappa shape index (κ3) is 12.7. The van der Waals surface area contributed by atoms with Crippen LogP contribution >= 0.6 is 0 Å². The molecule has 0 radical (unpaired) electrons. The number of Topliss-reactive ketones (excluding diaryl/α,β-unsaturated/α-hetero) is 3. The molecule has 0 aromatic heterocycles. The van der Waals surface area contributed by atoms with Crippen molar-refractivity contribution < 1.29 is 14.4 Å². The zero-order valence-corrected chi connectivity index (χ0v) is 16.0. The van der Waals surface area contributed by atoms with Gasteiger partial charge in [-0.25, -0.2) is 0 Å². The van der Waals surface area contributed by atoms with Gasteiger partial charge in [-0.2, -0.15) is 0 Å². The molecule has 0 aromatic rings. The van der Waals surface area contributed by atoms with E-state index >= 15 is 0 Å². The highest BCUT2D eigenvalue weighted by atomic mass is 16.1. The number of carbonyl (C=O) groups excluding carboxylic acids is 3. The Morgan fingerprint density at radius 1 is 0.682 bits per heavy atom. The Bertz CT molecular complexity index is 313. The van der Waals surface area contributed by atoms with E-state index in [-0.39, 0.29) is 29.5 Å². The summed E-state index contributed by atoms with van der Waals surface area (Å²) in [5, 5.41) is 0. The molecule has 0 N–H and O–H groups in total. The molecule has 0 aromatic carbocycles. The highest BCUT2D eigenvalue weighted by Gasteiger charge is 2.30. The van der Waals surface area contributed by atoms with Crippen molar-refractivity contribution in [3.05, 3.63) is 0 Å². The molecule has 130 valence electrons. The normalized spacial score (nSPS) is 13.5. The second-order valence-electron chi connectivity index (χ2n) is 7.31. The van der Waals surface area contributed by atoms with Crippen LogP contribution in [-0.2, 0) is 14.4 Å². The highest BCUT2D eigenvalue weighted by molar-refractivity contribution is 5.84. The van der Waals surface area contributed by atoms with Crippen molar-refractivity contribution in [2.45, 2.75) is 75.2 Å². The van der Waals surface area contributed by atoms with E-state index in [1.165, 1.54) is 0 Å². The zero-order valence-electron chi connectivity index (χ0n) is 16.0. The molecule has 1 fully saturated rings. The molecule has 0 saturated heterocycles. The lowest BCUT2D eigenvalue weighted by molar-refractivity contribution is -0.125. The Balaban J connectivity index is 0. The van der Waals surface area contributed by atoms with Crippen LogP contribution < -0.4 is 0 Å². The van der Waals surface area contributed by atoms with Crippen LogP contribution in [0.5, 0.6) is 0 Å². The summed E-state index contributed by atoms with van der Waals surface area (Å²) in [6.45, 7) is 17.1. The molecule has 0 unspecified atom stereocenters. The standard InChI is InChI=1S/C7H12O.C7H14O.C5H10O/c1-5(2)7(8)6-3-4-6;1-5(2)7(8)6(3)4;1-4(2)5(3)6/h5-6H,3-4H2,1-2H3;5-6H,1-4H3;4H,1-3H3. The summed E-state index contributed by atoms with van der Waals surface area (Å²) in [4.78, 5) is 31.9. The maximum atomic E-state index is 10.9. The fourth-order valence-electron chi connectivity index (χ4n) is 1.51. The van der Waals surface area contributed by atoms with Crippen molar-refractivity contribution in [2.75, 3.05) is 0 Å². The van der Waals surface area contributed by atoms with E-state index in [0.29, 0.717) is 17.5 Å². The summed E-state index contributed by atoms with van der Waals surface area (Å²) < 4.78 is 0. The van der Waals surface area contributed by atoms with Crippen molar-refractivity contribution >= 4 is 17.3 Å². The topological polar surface area (TPSA) is 51.2 Å². The van der Waals surface area contributed by atoms with Gasteiger partial charge in [-0.15, -0.1) is 0 Å². The van der Waals surface area contributed by atoms with Gasteiger partial charge in [-0.05, 0) is 19.8 Å². The largest absolute Gasteiger partial charge is 0.300 e. The van der Waals surface area contributed by atoms with Crippen LogP contribution in [-0.4, -0.2) is 17.3 Å². The van der Waals surface area contributed by atoms with Crippen molar-refractivity contribution in [3.63, 3.8) is 0 Å². The number of ketones is 3. The van der Waals surface area contributed by atoms with Crippen molar-refractivity contribution in [2.24, 2.45) is 29.6 Å². The lowest BCUT2D eigenvalue weighted by atomic mass is 9.99. The molecule has 0 spiro atoms. The predicted octanol–water partition coefficient (Wildman–Crippen LogP) is 4.72. The quantitative estimate of drug-likeness (QED) is 0.738.